The monoisotopic (exact) mass is 428 g/mol. The normalized spacial score (nSPS) is 18.6. The molecule has 2 N–H and O–H groups in total. The van der Waals surface area contributed by atoms with Crippen molar-refractivity contribution in [2.75, 3.05) is 6.61 Å². The van der Waals surface area contributed by atoms with Crippen LogP contribution in [-0.4, -0.2) is 22.6 Å². The average Bonchev–Trinajstić information content (AvgIpc) is 3.15. The summed E-state index contributed by atoms with van der Waals surface area (Å²) in [6.07, 6.45) is 3.18. The molecule has 0 saturated heterocycles. The molecule has 32 heavy (non-hydrogen) atoms. The molecular formula is C25H21FN4O2. The third-order valence-electron chi connectivity index (χ3n) is 5.30. The molecule has 0 bridgehead atoms. The lowest BCUT2D eigenvalue weighted by Gasteiger charge is -2.33. The molecule has 2 aliphatic heterocycles. The van der Waals surface area contributed by atoms with Crippen molar-refractivity contribution < 1.29 is 13.9 Å². The average molecular weight is 428 g/mol. The topological polar surface area (TPSA) is 82.6 Å². The molecule has 0 aliphatic carbocycles. The number of benzene rings is 1. The highest BCUT2D eigenvalue weighted by atomic mass is 19.1. The van der Waals surface area contributed by atoms with E-state index in [0.717, 1.165) is 27.8 Å². The zero-order valence-electron chi connectivity index (χ0n) is 17.9. The van der Waals surface area contributed by atoms with E-state index >= 15 is 0 Å². The SMILES string of the molecule is CC(C)(C)C#Cc1cnc2c(c1)[C@]1(COC(N)=N1)c1cc(-c3ccc(F)nc3)ccc1O2. The first-order valence-electron chi connectivity index (χ1n) is 10.2. The van der Waals surface area contributed by atoms with Crippen LogP contribution in [0.2, 0.25) is 0 Å². The molecule has 0 fully saturated rings. The van der Waals surface area contributed by atoms with Crippen molar-refractivity contribution >= 4 is 6.02 Å². The second-order valence-electron chi connectivity index (χ2n) is 8.86. The zero-order valence-corrected chi connectivity index (χ0v) is 17.9. The Balaban J connectivity index is 1.67. The molecule has 2 aliphatic rings. The maximum absolute atomic E-state index is 13.3. The summed E-state index contributed by atoms with van der Waals surface area (Å²) in [5, 5.41) is 0. The third kappa shape index (κ3) is 3.44. The Kier molecular flexibility index (Phi) is 4.41. The lowest BCUT2D eigenvalue weighted by Crippen LogP contribution is -2.31. The van der Waals surface area contributed by atoms with Gasteiger partial charge in [-0.15, -0.1) is 0 Å². The van der Waals surface area contributed by atoms with Crippen molar-refractivity contribution in [3.05, 3.63) is 71.4 Å². The predicted molar refractivity (Wildman–Crippen MR) is 119 cm³/mol. The van der Waals surface area contributed by atoms with E-state index in [1.807, 2.05) is 45.0 Å². The summed E-state index contributed by atoms with van der Waals surface area (Å²) in [6.45, 7) is 6.36. The quantitative estimate of drug-likeness (QED) is 0.460. The van der Waals surface area contributed by atoms with E-state index in [0.29, 0.717) is 11.6 Å². The van der Waals surface area contributed by atoms with Crippen LogP contribution < -0.4 is 10.5 Å². The van der Waals surface area contributed by atoms with Crippen LogP contribution in [0.25, 0.3) is 11.1 Å². The van der Waals surface area contributed by atoms with Gasteiger partial charge in [0.2, 0.25) is 11.8 Å². The van der Waals surface area contributed by atoms with Gasteiger partial charge in [-0.3, -0.25) is 0 Å². The van der Waals surface area contributed by atoms with E-state index < -0.39 is 11.5 Å². The molecule has 3 aromatic rings. The van der Waals surface area contributed by atoms with Gasteiger partial charge in [0, 0.05) is 34.5 Å². The minimum absolute atomic E-state index is 0.101. The smallest absolute Gasteiger partial charge is 0.283 e. The fourth-order valence-electron chi connectivity index (χ4n) is 3.78. The van der Waals surface area contributed by atoms with E-state index in [1.165, 1.54) is 12.3 Å². The lowest BCUT2D eigenvalue weighted by atomic mass is 9.81. The van der Waals surface area contributed by atoms with Crippen LogP contribution in [0.1, 0.15) is 37.5 Å². The largest absolute Gasteiger partial charge is 0.462 e. The first kappa shape index (κ1) is 20.0. The van der Waals surface area contributed by atoms with Crippen molar-refractivity contribution in [1.82, 2.24) is 9.97 Å². The zero-order chi connectivity index (χ0) is 22.5. The van der Waals surface area contributed by atoms with E-state index in [2.05, 4.69) is 26.8 Å². The lowest BCUT2D eigenvalue weighted by molar-refractivity contribution is 0.262. The predicted octanol–water partition coefficient (Wildman–Crippen LogP) is 4.37. The number of rotatable bonds is 1. The minimum atomic E-state index is -0.914. The Labute approximate surface area is 185 Å². The molecule has 5 rings (SSSR count). The van der Waals surface area contributed by atoms with Gasteiger partial charge in [0.15, 0.2) is 5.54 Å². The number of ether oxygens (including phenoxy) is 2. The van der Waals surface area contributed by atoms with E-state index in [-0.39, 0.29) is 18.0 Å². The van der Waals surface area contributed by atoms with Crippen LogP contribution in [0.5, 0.6) is 11.6 Å². The first-order valence-corrected chi connectivity index (χ1v) is 10.2. The molecule has 4 heterocycles. The molecule has 2 aromatic heterocycles. The van der Waals surface area contributed by atoms with Crippen LogP contribution in [0.4, 0.5) is 4.39 Å². The molecule has 1 spiro atoms. The summed E-state index contributed by atoms with van der Waals surface area (Å²) in [5.41, 5.74) is 8.80. The molecule has 1 aromatic carbocycles. The second-order valence-corrected chi connectivity index (χ2v) is 8.86. The standard InChI is InChI=1S/C25H21FN4O2/c1-24(2,3)9-8-15-10-19-22(29-12-15)32-20-6-4-16(17-5-7-21(26)28-13-17)11-18(20)25(19)14-31-23(27)30-25/h4-7,10-13H,14H2,1-3H3,(H2,27,30)/t25-/m0/s1. The van der Waals surface area contributed by atoms with Gasteiger partial charge < -0.3 is 15.2 Å². The van der Waals surface area contributed by atoms with Crippen molar-refractivity contribution in [1.29, 1.82) is 0 Å². The molecule has 0 saturated carbocycles. The summed E-state index contributed by atoms with van der Waals surface area (Å²) < 4.78 is 25.0. The summed E-state index contributed by atoms with van der Waals surface area (Å²) in [4.78, 5) is 13.0. The van der Waals surface area contributed by atoms with Gasteiger partial charge in [0.1, 0.15) is 12.4 Å². The molecule has 7 heteroatoms. The molecule has 160 valence electrons. The van der Waals surface area contributed by atoms with Crippen LogP contribution in [-0.2, 0) is 10.3 Å². The highest BCUT2D eigenvalue weighted by Crippen LogP contribution is 2.51. The second kappa shape index (κ2) is 7.06. The molecule has 0 unspecified atom stereocenters. The highest BCUT2D eigenvalue weighted by molar-refractivity contribution is 5.77. The highest BCUT2D eigenvalue weighted by Gasteiger charge is 2.47. The van der Waals surface area contributed by atoms with E-state index in [1.54, 1.807) is 12.3 Å². The van der Waals surface area contributed by atoms with Crippen molar-refractivity contribution in [3.63, 3.8) is 0 Å². The number of hydrogen-bond donors (Lipinski definition) is 1. The Morgan fingerprint density at radius 2 is 1.84 bits per heavy atom. The summed E-state index contributed by atoms with van der Waals surface area (Å²) in [5.74, 6) is 6.94. The number of amidine groups is 1. The number of fused-ring (bicyclic) bond motifs is 4. The summed E-state index contributed by atoms with van der Waals surface area (Å²) >= 11 is 0. The number of hydrogen-bond acceptors (Lipinski definition) is 6. The van der Waals surface area contributed by atoms with E-state index in [4.69, 9.17) is 15.2 Å². The van der Waals surface area contributed by atoms with Gasteiger partial charge in [-0.1, -0.05) is 17.9 Å². The number of nitrogens with zero attached hydrogens (tertiary/aromatic N) is 3. The molecule has 0 amide bonds. The Hall–Kier alpha value is -3.92. The molecule has 1 atom stereocenters. The first-order chi connectivity index (χ1) is 15.2. The van der Waals surface area contributed by atoms with Crippen LogP contribution >= 0.6 is 0 Å². The minimum Gasteiger partial charge on any atom is -0.462 e. The Morgan fingerprint density at radius 3 is 2.53 bits per heavy atom. The maximum atomic E-state index is 13.3. The van der Waals surface area contributed by atoms with Crippen LogP contribution in [0.15, 0.2) is 53.8 Å². The molecule has 6 nitrogen and oxygen atoms in total. The number of halogens is 1. The fraction of sp³-hybridized carbons (Fsp3) is 0.240. The van der Waals surface area contributed by atoms with Crippen LogP contribution in [0.3, 0.4) is 0 Å². The van der Waals surface area contributed by atoms with Gasteiger partial charge in [0.25, 0.3) is 6.02 Å². The molecule has 0 radical (unpaired) electrons. The maximum Gasteiger partial charge on any atom is 0.283 e. The number of nitrogens with two attached hydrogens (primary N) is 1. The molecular weight excluding hydrogens is 407 g/mol. The van der Waals surface area contributed by atoms with E-state index in [9.17, 15) is 4.39 Å². The van der Waals surface area contributed by atoms with Gasteiger partial charge in [-0.2, -0.15) is 4.39 Å². The Bertz CT molecular complexity index is 1320. The number of pyridine rings is 2. The van der Waals surface area contributed by atoms with Gasteiger partial charge in [0.05, 0.1) is 5.56 Å². The number of aromatic nitrogens is 2. The fourth-order valence-corrected chi connectivity index (χ4v) is 3.78. The summed E-state index contributed by atoms with van der Waals surface area (Å²) in [6, 6.07) is 10.7. The number of aliphatic imine (C=N–C) groups is 1. The van der Waals surface area contributed by atoms with Crippen molar-refractivity contribution in [3.8, 4) is 34.6 Å². The van der Waals surface area contributed by atoms with Crippen LogP contribution in [0, 0.1) is 23.2 Å². The van der Waals surface area contributed by atoms with Crippen molar-refractivity contribution in [2.24, 2.45) is 16.1 Å². The van der Waals surface area contributed by atoms with Gasteiger partial charge in [-0.25, -0.2) is 15.0 Å². The Morgan fingerprint density at radius 1 is 1.03 bits per heavy atom. The third-order valence-corrected chi connectivity index (χ3v) is 5.30. The van der Waals surface area contributed by atoms with Gasteiger partial charge in [-0.05, 0) is 56.7 Å². The van der Waals surface area contributed by atoms with Crippen molar-refractivity contribution in [2.45, 2.75) is 26.3 Å². The van der Waals surface area contributed by atoms with Gasteiger partial charge >= 0.3 is 0 Å². The summed E-state index contributed by atoms with van der Waals surface area (Å²) in [7, 11) is 0.